The van der Waals surface area contributed by atoms with E-state index >= 15 is 0 Å². The molecule has 0 fully saturated rings. The van der Waals surface area contributed by atoms with E-state index in [1.165, 1.54) is 33.4 Å². The summed E-state index contributed by atoms with van der Waals surface area (Å²) < 4.78 is 0. The topological polar surface area (TPSA) is 20.2 Å². The van der Waals surface area contributed by atoms with Crippen LogP contribution in [0.2, 0.25) is 0 Å². The molecule has 1 atom stereocenters. The van der Waals surface area contributed by atoms with Crippen molar-refractivity contribution >= 4 is 0 Å². The van der Waals surface area contributed by atoms with Crippen molar-refractivity contribution in [3.05, 3.63) is 69.3 Å². The summed E-state index contributed by atoms with van der Waals surface area (Å²) in [6, 6.07) is 10.6. The summed E-state index contributed by atoms with van der Waals surface area (Å²) in [5.74, 6) is 0. The molecule has 0 aliphatic carbocycles. The van der Waals surface area contributed by atoms with Crippen LogP contribution in [0.5, 0.6) is 0 Å². The minimum absolute atomic E-state index is 0.435. The lowest BCUT2D eigenvalue weighted by Crippen LogP contribution is -2.08. The Hall–Kier alpha value is -1.60. The highest BCUT2D eigenvalue weighted by molar-refractivity contribution is 5.45. The van der Waals surface area contributed by atoms with E-state index in [0.29, 0.717) is 6.42 Å². The maximum Gasteiger partial charge on any atom is 0.0835 e. The third-order valence-corrected chi connectivity index (χ3v) is 4.27. The molecule has 0 saturated heterocycles. The van der Waals surface area contributed by atoms with Crippen LogP contribution < -0.4 is 0 Å². The monoisotopic (exact) mass is 268 g/mol. The molecule has 2 aromatic carbocycles. The summed E-state index contributed by atoms with van der Waals surface area (Å²) in [5.41, 5.74) is 8.47. The predicted molar refractivity (Wildman–Crippen MR) is 85.2 cm³/mol. The van der Waals surface area contributed by atoms with Crippen LogP contribution in [0.25, 0.3) is 0 Å². The molecule has 106 valence electrons. The van der Waals surface area contributed by atoms with Gasteiger partial charge < -0.3 is 5.11 Å². The van der Waals surface area contributed by atoms with Gasteiger partial charge in [-0.25, -0.2) is 0 Å². The van der Waals surface area contributed by atoms with Crippen LogP contribution >= 0.6 is 0 Å². The molecule has 0 amide bonds. The van der Waals surface area contributed by atoms with Crippen molar-refractivity contribution in [2.24, 2.45) is 0 Å². The molecule has 1 unspecified atom stereocenters. The molecule has 20 heavy (non-hydrogen) atoms. The number of rotatable bonds is 3. The number of aliphatic hydroxyl groups excluding tert-OH is 1. The molecule has 0 spiro atoms. The summed E-state index contributed by atoms with van der Waals surface area (Å²) in [6.07, 6.45) is 0.238. The number of hydrogen-bond acceptors (Lipinski definition) is 1. The van der Waals surface area contributed by atoms with Crippen molar-refractivity contribution in [1.29, 1.82) is 0 Å². The van der Waals surface area contributed by atoms with Gasteiger partial charge in [0.1, 0.15) is 0 Å². The van der Waals surface area contributed by atoms with Gasteiger partial charge >= 0.3 is 0 Å². The van der Waals surface area contributed by atoms with Crippen LogP contribution in [-0.4, -0.2) is 5.11 Å². The number of aliphatic hydroxyl groups is 1. The first-order valence-electron chi connectivity index (χ1n) is 7.21. The van der Waals surface area contributed by atoms with Crippen LogP contribution in [0.1, 0.15) is 45.0 Å². The van der Waals surface area contributed by atoms with Gasteiger partial charge in [0.25, 0.3) is 0 Å². The molecule has 0 aliphatic heterocycles. The van der Waals surface area contributed by atoms with Crippen molar-refractivity contribution < 1.29 is 5.11 Å². The van der Waals surface area contributed by atoms with Gasteiger partial charge in [-0.05, 0) is 68.0 Å². The molecule has 0 heterocycles. The molecule has 2 aromatic rings. The predicted octanol–water partition coefficient (Wildman–Crippen LogP) is 4.50. The van der Waals surface area contributed by atoms with E-state index in [1.54, 1.807) is 0 Å². The fourth-order valence-corrected chi connectivity index (χ4v) is 2.91. The second-order valence-corrected chi connectivity index (χ2v) is 5.88. The van der Waals surface area contributed by atoms with E-state index in [1.807, 2.05) is 0 Å². The molecule has 1 heteroatoms. The fourth-order valence-electron chi connectivity index (χ4n) is 2.91. The van der Waals surface area contributed by atoms with Crippen LogP contribution in [-0.2, 0) is 6.42 Å². The second-order valence-electron chi connectivity index (χ2n) is 5.88. The Morgan fingerprint density at radius 2 is 1.50 bits per heavy atom. The van der Waals surface area contributed by atoms with Gasteiger partial charge in [0.15, 0.2) is 0 Å². The van der Waals surface area contributed by atoms with Gasteiger partial charge in [0.2, 0.25) is 0 Å². The van der Waals surface area contributed by atoms with E-state index in [2.05, 4.69) is 65.0 Å². The zero-order chi connectivity index (χ0) is 14.9. The highest BCUT2D eigenvalue weighted by Gasteiger charge is 2.16. The standard InChI is InChI=1S/C19H24O/c1-12-7-6-8-17(9-12)11-18(20)19-15(4)13(2)10-14(3)16(19)5/h6-10,18,20H,11H2,1-5H3. The summed E-state index contributed by atoms with van der Waals surface area (Å²) in [4.78, 5) is 0. The summed E-state index contributed by atoms with van der Waals surface area (Å²) in [7, 11) is 0. The molecular weight excluding hydrogens is 244 g/mol. The lowest BCUT2D eigenvalue weighted by atomic mass is 9.88. The summed E-state index contributed by atoms with van der Waals surface area (Å²) in [6.45, 7) is 10.5. The summed E-state index contributed by atoms with van der Waals surface area (Å²) >= 11 is 0. The van der Waals surface area contributed by atoms with Gasteiger partial charge in [-0.1, -0.05) is 35.9 Å². The number of aryl methyl sites for hydroxylation is 3. The Balaban J connectivity index is 2.37. The molecule has 0 aromatic heterocycles. The number of hydrogen-bond donors (Lipinski definition) is 1. The van der Waals surface area contributed by atoms with E-state index in [0.717, 1.165) is 5.56 Å². The van der Waals surface area contributed by atoms with Gasteiger partial charge in [-0.2, -0.15) is 0 Å². The Kier molecular flexibility index (Phi) is 4.29. The van der Waals surface area contributed by atoms with Gasteiger partial charge in [-0.3, -0.25) is 0 Å². The molecular formula is C19H24O. The fraction of sp³-hybridized carbons (Fsp3) is 0.368. The average Bonchev–Trinajstić information content (AvgIpc) is 2.36. The maximum atomic E-state index is 10.7. The molecule has 0 bridgehead atoms. The normalized spacial score (nSPS) is 12.5. The van der Waals surface area contributed by atoms with Crippen molar-refractivity contribution in [3.8, 4) is 0 Å². The Bertz CT molecular complexity index is 600. The van der Waals surface area contributed by atoms with Crippen molar-refractivity contribution in [3.63, 3.8) is 0 Å². The molecule has 2 rings (SSSR count). The van der Waals surface area contributed by atoms with Crippen LogP contribution in [0.4, 0.5) is 0 Å². The van der Waals surface area contributed by atoms with E-state index in [4.69, 9.17) is 0 Å². The molecule has 1 nitrogen and oxygen atoms in total. The Labute approximate surface area is 122 Å². The largest absolute Gasteiger partial charge is 0.388 e. The highest BCUT2D eigenvalue weighted by atomic mass is 16.3. The first kappa shape index (κ1) is 14.8. The molecule has 1 N–H and O–H groups in total. The van der Waals surface area contributed by atoms with Crippen LogP contribution in [0, 0.1) is 34.6 Å². The SMILES string of the molecule is Cc1cccc(CC(O)c2c(C)c(C)cc(C)c2C)c1. The van der Waals surface area contributed by atoms with Crippen LogP contribution in [0.15, 0.2) is 30.3 Å². The molecule has 0 saturated carbocycles. The Morgan fingerprint density at radius 1 is 0.900 bits per heavy atom. The summed E-state index contributed by atoms with van der Waals surface area (Å²) in [5, 5.41) is 10.7. The van der Waals surface area contributed by atoms with E-state index < -0.39 is 6.10 Å². The maximum absolute atomic E-state index is 10.7. The first-order chi connectivity index (χ1) is 9.40. The van der Waals surface area contributed by atoms with Gasteiger partial charge in [0, 0.05) is 6.42 Å². The van der Waals surface area contributed by atoms with E-state index in [9.17, 15) is 5.11 Å². The zero-order valence-electron chi connectivity index (χ0n) is 13.1. The van der Waals surface area contributed by atoms with Gasteiger partial charge in [0.05, 0.1) is 6.10 Å². The van der Waals surface area contributed by atoms with Crippen molar-refractivity contribution in [2.45, 2.75) is 47.1 Å². The molecule has 0 aliphatic rings. The van der Waals surface area contributed by atoms with Gasteiger partial charge in [-0.15, -0.1) is 0 Å². The van der Waals surface area contributed by atoms with Crippen LogP contribution in [0.3, 0.4) is 0 Å². The second kappa shape index (κ2) is 5.80. The van der Waals surface area contributed by atoms with Crippen molar-refractivity contribution in [1.82, 2.24) is 0 Å². The minimum atomic E-state index is -0.435. The van der Waals surface area contributed by atoms with E-state index in [-0.39, 0.29) is 0 Å². The third-order valence-electron chi connectivity index (χ3n) is 4.27. The Morgan fingerprint density at radius 3 is 2.05 bits per heavy atom. The number of benzene rings is 2. The van der Waals surface area contributed by atoms with Crippen molar-refractivity contribution in [2.75, 3.05) is 0 Å². The lowest BCUT2D eigenvalue weighted by Gasteiger charge is -2.20. The lowest BCUT2D eigenvalue weighted by molar-refractivity contribution is 0.177. The zero-order valence-corrected chi connectivity index (χ0v) is 13.1. The molecule has 0 radical (unpaired) electrons. The third kappa shape index (κ3) is 2.94. The first-order valence-corrected chi connectivity index (χ1v) is 7.21. The quantitative estimate of drug-likeness (QED) is 0.868. The highest BCUT2D eigenvalue weighted by Crippen LogP contribution is 2.29. The smallest absolute Gasteiger partial charge is 0.0835 e. The minimum Gasteiger partial charge on any atom is -0.388 e. The average molecular weight is 268 g/mol.